The molecule has 0 radical (unpaired) electrons. The van der Waals surface area contributed by atoms with Crippen LogP contribution in [0.2, 0.25) is 0 Å². The van der Waals surface area contributed by atoms with Crippen LogP contribution >= 0.6 is 0 Å². The Labute approximate surface area is 116 Å². The summed E-state index contributed by atoms with van der Waals surface area (Å²) in [6.07, 6.45) is 3.79. The molecule has 1 heterocycles. The normalized spacial score (nSPS) is 10.1. The molecule has 2 rings (SSSR count). The summed E-state index contributed by atoms with van der Waals surface area (Å²) in [5, 5.41) is 3.00. The van der Waals surface area contributed by atoms with E-state index in [9.17, 15) is 4.79 Å². The van der Waals surface area contributed by atoms with Crippen LogP contribution in [0.25, 0.3) is 0 Å². The molecule has 0 amide bonds. The van der Waals surface area contributed by atoms with E-state index in [1.165, 1.54) is 6.20 Å². The Kier molecular flexibility index (Phi) is 4.60. The Morgan fingerprint density at radius 3 is 2.75 bits per heavy atom. The minimum absolute atomic E-state index is 0.222. The maximum absolute atomic E-state index is 11.4. The van der Waals surface area contributed by atoms with Crippen LogP contribution in [-0.4, -0.2) is 30.7 Å². The van der Waals surface area contributed by atoms with Crippen molar-refractivity contribution in [1.29, 1.82) is 0 Å². The van der Waals surface area contributed by atoms with E-state index < -0.39 is 0 Å². The maximum atomic E-state index is 11.4. The van der Waals surface area contributed by atoms with E-state index in [4.69, 9.17) is 9.47 Å². The molecule has 2 N–H and O–H groups in total. The van der Waals surface area contributed by atoms with Gasteiger partial charge in [-0.1, -0.05) is 6.07 Å². The molecular formula is C14H17N3O3. The molecule has 1 aromatic carbocycles. The fourth-order valence-corrected chi connectivity index (χ4v) is 1.84. The number of nitrogens with zero attached hydrogens (tertiary/aromatic N) is 1. The van der Waals surface area contributed by atoms with Crippen LogP contribution in [0.15, 0.2) is 35.4 Å². The lowest BCUT2D eigenvalue weighted by molar-refractivity contribution is 0.354. The van der Waals surface area contributed by atoms with Crippen LogP contribution in [0.3, 0.4) is 0 Å². The lowest BCUT2D eigenvalue weighted by atomic mass is 10.1. The lowest BCUT2D eigenvalue weighted by Gasteiger charge is -2.10. The van der Waals surface area contributed by atoms with Gasteiger partial charge in [0.1, 0.15) is 0 Å². The van der Waals surface area contributed by atoms with Crippen molar-refractivity contribution in [3.63, 3.8) is 0 Å². The first-order valence-electron chi connectivity index (χ1n) is 6.23. The number of hydrogen-bond acceptors (Lipinski definition) is 5. The predicted molar refractivity (Wildman–Crippen MR) is 76.6 cm³/mol. The molecule has 20 heavy (non-hydrogen) atoms. The molecular weight excluding hydrogens is 258 g/mol. The first-order chi connectivity index (χ1) is 9.74. The van der Waals surface area contributed by atoms with Gasteiger partial charge in [0.25, 0.3) is 5.56 Å². The molecule has 0 spiro atoms. The van der Waals surface area contributed by atoms with Gasteiger partial charge in [0.05, 0.1) is 14.2 Å². The Bertz CT molecular complexity index is 625. The predicted octanol–water partition coefficient (Wildman–Crippen LogP) is 1.44. The van der Waals surface area contributed by atoms with Gasteiger partial charge in [0.2, 0.25) is 0 Å². The van der Waals surface area contributed by atoms with Gasteiger partial charge < -0.3 is 19.8 Å². The molecule has 0 fully saturated rings. The number of aromatic nitrogens is 2. The molecule has 106 valence electrons. The average molecular weight is 275 g/mol. The van der Waals surface area contributed by atoms with Crippen molar-refractivity contribution in [1.82, 2.24) is 9.97 Å². The summed E-state index contributed by atoms with van der Waals surface area (Å²) < 4.78 is 10.4. The Hall–Kier alpha value is -2.50. The summed E-state index contributed by atoms with van der Waals surface area (Å²) in [5.41, 5.74) is 0.863. The third-order valence-corrected chi connectivity index (χ3v) is 2.86. The average Bonchev–Trinajstić information content (AvgIpc) is 2.49. The highest BCUT2D eigenvalue weighted by molar-refractivity contribution is 5.43. The number of rotatable bonds is 6. The SMILES string of the molecule is COc1ccc(CCNc2ncc[nH]c2=O)cc1OC. The number of anilines is 1. The van der Waals surface area contributed by atoms with E-state index in [2.05, 4.69) is 15.3 Å². The summed E-state index contributed by atoms with van der Waals surface area (Å²) in [6.45, 7) is 0.607. The molecule has 6 heteroatoms. The fourth-order valence-electron chi connectivity index (χ4n) is 1.84. The first-order valence-corrected chi connectivity index (χ1v) is 6.23. The van der Waals surface area contributed by atoms with E-state index in [1.54, 1.807) is 20.4 Å². The van der Waals surface area contributed by atoms with E-state index in [0.717, 1.165) is 12.0 Å². The topological polar surface area (TPSA) is 76.2 Å². The minimum atomic E-state index is -0.222. The van der Waals surface area contributed by atoms with Crippen LogP contribution in [0.1, 0.15) is 5.56 Å². The molecule has 1 aromatic heterocycles. The van der Waals surface area contributed by atoms with Crippen molar-refractivity contribution < 1.29 is 9.47 Å². The van der Waals surface area contributed by atoms with Crippen molar-refractivity contribution in [3.8, 4) is 11.5 Å². The highest BCUT2D eigenvalue weighted by atomic mass is 16.5. The Morgan fingerprint density at radius 2 is 2.05 bits per heavy atom. The molecule has 0 unspecified atom stereocenters. The second kappa shape index (κ2) is 6.60. The molecule has 0 aliphatic heterocycles. The zero-order valence-electron chi connectivity index (χ0n) is 11.5. The van der Waals surface area contributed by atoms with Crippen LogP contribution in [0, 0.1) is 0 Å². The molecule has 0 aliphatic rings. The van der Waals surface area contributed by atoms with E-state index in [0.29, 0.717) is 23.9 Å². The molecule has 0 saturated carbocycles. The second-order valence-electron chi connectivity index (χ2n) is 4.13. The summed E-state index contributed by atoms with van der Waals surface area (Å²) in [5.74, 6) is 1.72. The molecule has 6 nitrogen and oxygen atoms in total. The third-order valence-electron chi connectivity index (χ3n) is 2.86. The summed E-state index contributed by atoms with van der Waals surface area (Å²) in [7, 11) is 3.21. The first kappa shape index (κ1) is 13.9. The molecule has 0 aliphatic carbocycles. The van der Waals surface area contributed by atoms with Gasteiger partial charge in [-0.3, -0.25) is 4.79 Å². The van der Waals surface area contributed by atoms with Crippen LogP contribution in [0.4, 0.5) is 5.82 Å². The maximum Gasteiger partial charge on any atom is 0.290 e. The minimum Gasteiger partial charge on any atom is -0.493 e. The quantitative estimate of drug-likeness (QED) is 0.834. The zero-order chi connectivity index (χ0) is 14.4. The van der Waals surface area contributed by atoms with E-state index in [1.807, 2.05) is 18.2 Å². The number of aromatic amines is 1. The van der Waals surface area contributed by atoms with Gasteiger partial charge in [-0.2, -0.15) is 0 Å². The number of hydrogen-bond donors (Lipinski definition) is 2. The smallest absolute Gasteiger partial charge is 0.290 e. The number of nitrogens with one attached hydrogen (secondary N) is 2. The molecule has 0 saturated heterocycles. The number of H-pyrrole nitrogens is 1. The van der Waals surface area contributed by atoms with Crippen molar-refractivity contribution in [3.05, 3.63) is 46.5 Å². The van der Waals surface area contributed by atoms with Gasteiger partial charge in [-0.05, 0) is 24.1 Å². The largest absolute Gasteiger partial charge is 0.493 e. The zero-order valence-corrected chi connectivity index (χ0v) is 11.5. The lowest BCUT2D eigenvalue weighted by Crippen LogP contribution is -2.17. The van der Waals surface area contributed by atoms with Gasteiger partial charge in [0.15, 0.2) is 17.3 Å². The second-order valence-corrected chi connectivity index (χ2v) is 4.13. The van der Waals surface area contributed by atoms with Crippen LogP contribution in [0.5, 0.6) is 11.5 Å². The monoisotopic (exact) mass is 275 g/mol. The van der Waals surface area contributed by atoms with Crippen molar-refractivity contribution in [2.45, 2.75) is 6.42 Å². The number of methoxy groups -OCH3 is 2. The third kappa shape index (κ3) is 3.28. The van der Waals surface area contributed by atoms with E-state index in [-0.39, 0.29) is 5.56 Å². The summed E-state index contributed by atoms with van der Waals surface area (Å²) in [6, 6.07) is 5.75. The van der Waals surface area contributed by atoms with E-state index >= 15 is 0 Å². The Morgan fingerprint density at radius 1 is 1.25 bits per heavy atom. The standard InChI is InChI=1S/C14H17N3O3/c1-19-11-4-3-10(9-12(11)20-2)5-6-15-13-14(18)17-8-7-16-13/h3-4,7-9H,5-6H2,1-2H3,(H,15,16)(H,17,18). The number of ether oxygens (including phenoxy) is 2. The van der Waals surface area contributed by atoms with Crippen molar-refractivity contribution >= 4 is 5.82 Å². The summed E-state index contributed by atoms with van der Waals surface area (Å²) in [4.78, 5) is 18.0. The van der Waals surface area contributed by atoms with Crippen LogP contribution < -0.4 is 20.3 Å². The number of benzene rings is 1. The van der Waals surface area contributed by atoms with Gasteiger partial charge in [-0.25, -0.2) is 4.98 Å². The Balaban J connectivity index is 1.98. The van der Waals surface area contributed by atoms with Crippen molar-refractivity contribution in [2.24, 2.45) is 0 Å². The fraction of sp³-hybridized carbons (Fsp3) is 0.286. The van der Waals surface area contributed by atoms with Crippen molar-refractivity contribution in [2.75, 3.05) is 26.1 Å². The molecule has 0 atom stereocenters. The highest BCUT2D eigenvalue weighted by Gasteiger charge is 2.05. The highest BCUT2D eigenvalue weighted by Crippen LogP contribution is 2.27. The molecule has 2 aromatic rings. The van der Waals surface area contributed by atoms with Crippen LogP contribution in [-0.2, 0) is 6.42 Å². The van der Waals surface area contributed by atoms with Gasteiger partial charge >= 0.3 is 0 Å². The molecule has 0 bridgehead atoms. The summed E-state index contributed by atoms with van der Waals surface area (Å²) >= 11 is 0. The van der Waals surface area contributed by atoms with Gasteiger partial charge in [0, 0.05) is 18.9 Å². The van der Waals surface area contributed by atoms with Gasteiger partial charge in [-0.15, -0.1) is 0 Å².